The second kappa shape index (κ2) is 7.72. The van der Waals surface area contributed by atoms with Gasteiger partial charge in [-0.05, 0) is 57.1 Å². The van der Waals surface area contributed by atoms with E-state index in [9.17, 15) is 9.59 Å². The number of fused-ring (bicyclic) bond motifs is 1. The molecule has 1 aromatic heterocycles. The fourth-order valence-corrected chi connectivity index (χ4v) is 2.95. The molecule has 140 valence electrons. The number of H-pyrrole nitrogens is 1. The van der Waals surface area contributed by atoms with Crippen LogP contribution in [0.15, 0.2) is 47.3 Å². The molecule has 0 aliphatic heterocycles. The number of aromatic amines is 1. The van der Waals surface area contributed by atoms with Gasteiger partial charge >= 0.3 is 0 Å². The quantitative estimate of drug-likeness (QED) is 0.729. The zero-order chi connectivity index (χ0) is 19.6. The zero-order valence-electron chi connectivity index (χ0n) is 16.0. The van der Waals surface area contributed by atoms with Crippen LogP contribution in [0.25, 0.3) is 10.9 Å². The van der Waals surface area contributed by atoms with Crippen molar-refractivity contribution in [3.05, 3.63) is 69.8 Å². The maximum absolute atomic E-state index is 12.5. The summed E-state index contributed by atoms with van der Waals surface area (Å²) in [6.07, 6.45) is 0. The lowest BCUT2D eigenvalue weighted by atomic mass is 10.1. The van der Waals surface area contributed by atoms with Gasteiger partial charge in [0.2, 0.25) is 5.91 Å². The minimum absolute atomic E-state index is 0.110. The van der Waals surface area contributed by atoms with Gasteiger partial charge in [-0.3, -0.25) is 14.5 Å². The molecule has 0 fully saturated rings. The van der Waals surface area contributed by atoms with Gasteiger partial charge in [-0.2, -0.15) is 0 Å². The monoisotopic (exact) mass is 364 g/mol. The molecular weight excluding hydrogens is 340 g/mol. The molecule has 1 heterocycles. The van der Waals surface area contributed by atoms with Crippen LogP contribution >= 0.6 is 0 Å². The van der Waals surface area contributed by atoms with E-state index in [0.717, 1.165) is 16.8 Å². The van der Waals surface area contributed by atoms with Gasteiger partial charge in [0.05, 0.1) is 23.5 Å². The lowest BCUT2D eigenvalue weighted by Gasteiger charge is -2.23. The number of hydrogen-bond donors (Lipinski definition) is 2. The molecule has 3 aromatic rings. The maximum atomic E-state index is 12.5. The number of nitrogens with zero attached hydrogens (tertiary/aromatic N) is 2. The van der Waals surface area contributed by atoms with Crippen LogP contribution in [0.5, 0.6) is 0 Å². The maximum Gasteiger partial charge on any atom is 0.258 e. The fraction of sp³-hybridized carbons (Fsp3) is 0.286. The molecule has 0 aliphatic rings. The number of carbonyl (C=O) groups excluding carboxylic acids is 1. The van der Waals surface area contributed by atoms with Crippen LogP contribution in [0, 0.1) is 13.8 Å². The molecule has 0 spiro atoms. The van der Waals surface area contributed by atoms with E-state index < -0.39 is 0 Å². The standard InChI is InChI=1S/C21H24N4O2/c1-13-8-7-11-17(14(13)2)22-19(26)12-25(4)15(3)20-23-18-10-6-5-9-16(18)21(27)24-20/h5-11,15H,12H2,1-4H3,(H,22,26)(H,23,24,27)/t15-/m0/s1. The highest BCUT2D eigenvalue weighted by Gasteiger charge is 2.18. The van der Waals surface area contributed by atoms with Crippen molar-refractivity contribution in [2.75, 3.05) is 18.9 Å². The van der Waals surface area contributed by atoms with Gasteiger partial charge in [0.15, 0.2) is 0 Å². The van der Waals surface area contributed by atoms with Gasteiger partial charge in [-0.25, -0.2) is 4.98 Å². The summed E-state index contributed by atoms with van der Waals surface area (Å²) in [5, 5.41) is 3.52. The van der Waals surface area contributed by atoms with E-state index in [2.05, 4.69) is 15.3 Å². The minimum Gasteiger partial charge on any atom is -0.325 e. The molecule has 2 aromatic carbocycles. The number of anilines is 1. The highest BCUT2D eigenvalue weighted by atomic mass is 16.2. The molecule has 0 radical (unpaired) electrons. The van der Waals surface area contributed by atoms with Crippen molar-refractivity contribution >= 4 is 22.5 Å². The predicted molar refractivity (Wildman–Crippen MR) is 108 cm³/mol. The fourth-order valence-electron chi connectivity index (χ4n) is 2.95. The van der Waals surface area contributed by atoms with Crippen molar-refractivity contribution in [2.24, 2.45) is 0 Å². The van der Waals surface area contributed by atoms with Gasteiger partial charge < -0.3 is 10.3 Å². The number of benzene rings is 2. The van der Waals surface area contributed by atoms with Crippen molar-refractivity contribution in [3.63, 3.8) is 0 Å². The first-order valence-electron chi connectivity index (χ1n) is 8.92. The Kier molecular flexibility index (Phi) is 5.37. The van der Waals surface area contributed by atoms with Crippen LogP contribution < -0.4 is 10.9 Å². The molecule has 0 saturated carbocycles. The molecule has 2 N–H and O–H groups in total. The lowest BCUT2D eigenvalue weighted by molar-refractivity contribution is -0.117. The van der Waals surface area contributed by atoms with Crippen LogP contribution in [0.3, 0.4) is 0 Å². The van der Waals surface area contributed by atoms with Gasteiger partial charge in [0, 0.05) is 5.69 Å². The Labute approximate surface area is 158 Å². The average Bonchev–Trinajstić information content (AvgIpc) is 2.64. The van der Waals surface area contributed by atoms with Crippen LogP contribution in [-0.4, -0.2) is 34.4 Å². The third-order valence-corrected chi connectivity index (χ3v) is 4.96. The summed E-state index contributed by atoms with van der Waals surface area (Å²) in [7, 11) is 1.84. The molecule has 0 bridgehead atoms. The molecule has 0 unspecified atom stereocenters. The SMILES string of the molecule is Cc1cccc(NC(=O)CN(C)[C@@H](C)c2nc3ccccc3c(=O)[nH]2)c1C. The number of likely N-dealkylation sites (N-methyl/N-ethyl adjacent to an activating group) is 1. The first kappa shape index (κ1) is 18.8. The second-order valence-electron chi connectivity index (χ2n) is 6.86. The Morgan fingerprint density at radius 2 is 1.93 bits per heavy atom. The van der Waals surface area contributed by atoms with E-state index in [-0.39, 0.29) is 24.1 Å². The molecule has 0 aliphatic carbocycles. The van der Waals surface area contributed by atoms with Crippen LogP contribution in [-0.2, 0) is 4.79 Å². The third kappa shape index (κ3) is 4.06. The number of hydrogen-bond acceptors (Lipinski definition) is 4. The number of rotatable bonds is 5. The van der Waals surface area contributed by atoms with E-state index in [1.165, 1.54) is 0 Å². The molecule has 1 amide bonds. The summed E-state index contributed by atoms with van der Waals surface area (Å²) in [5.41, 5.74) is 3.49. The van der Waals surface area contributed by atoms with Crippen molar-refractivity contribution in [1.29, 1.82) is 0 Å². The van der Waals surface area contributed by atoms with Gasteiger partial charge in [0.1, 0.15) is 5.82 Å². The second-order valence-corrected chi connectivity index (χ2v) is 6.86. The van der Waals surface area contributed by atoms with Crippen molar-refractivity contribution in [1.82, 2.24) is 14.9 Å². The largest absolute Gasteiger partial charge is 0.325 e. The average molecular weight is 364 g/mol. The summed E-state index contributed by atoms with van der Waals surface area (Å²) in [5.74, 6) is 0.432. The molecule has 6 heteroatoms. The Hall–Kier alpha value is -2.99. The Morgan fingerprint density at radius 3 is 2.70 bits per heavy atom. The zero-order valence-corrected chi connectivity index (χ0v) is 16.0. The van der Waals surface area contributed by atoms with Gasteiger partial charge in [0.25, 0.3) is 5.56 Å². The smallest absolute Gasteiger partial charge is 0.258 e. The van der Waals surface area contributed by atoms with Gasteiger partial charge in [-0.15, -0.1) is 0 Å². The lowest BCUT2D eigenvalue weighted by Crippen LogP contribution is -2.33. The summed E-state index contributed by atoms with van der Waals surface area (Å²) in [4.78, 5) is 34.0. The molecule has 3 rings (SSSR count). The van der Waals surface area contributed by atoms with Crippen molar-refractivity contribution in [2.45, 2.75) is 26.8 Å². The number of aromatic nitrogens is 2. The predicted octanol–water partition coefficient (Wildman–Crippen LogP) is 3.17. The van der Waals surface area contributed by atoms with Crippen molar-refractivity contribution in [3.8, 4) is 0 Å². The number of nitrogens with one attached hydrogen (secondary N) is 2. The summed E-state index contributed by atoms with van der Waals surface area (Å²) >= 11 is 0. The van der Waals surface area contributed by atoms with Crippen LogP contribution in [0.2, 0.25) is 0 Å². The molecule has 0 saturated heterocycles. The van der Waals surface area contributed by atoms with E-state index in [4.69, 9.17) is 0 Å². The highest BCUT2D eigenvalue weighted by molar-refractivity contribution is 5.93. The summed E-state index contributed by atoms with van der Waals surface area (Å²) in [6.45, 7) is 6.10. The summed E-state index contributed by atoms with van der Waals surface area (Å²) in [6, 6.07) is 12.8. The molecule has 1 atom stereocenters. The Morgan fingerprint density at radius 1 is 1.19 bits per heavy atom. The molecule has 6 nitrogen and oxygen atoms in total. The number of amides is 1. The molecule has 27 heavy (non-hydrogen) atoms. The van der Waals surface area contributed by atoms with Crippen LogP contribution in [0.4, 0.5) is 5.69 Å². The number of aryl methyl sites for hydroxylation is 1. The third-order valence-electron chi connectivity index (χ3n) is 4.96. The van der Waals surface area contributed by atoms with Crippen molar-refractivity contribution < 1.29 is 4.79 Å². The first-order chi connectivity index (χ1) is 12.9. The minimum atomic E-state index is -0.216. The van der Waals surface area contributed by atoms with E-state index in [1.807, 2.05) is 69.1 Å². The van der Waals surface area contributed by atoms with E-state index in [1.54, 1.807) is 6.07 Å². The van der Waals surface area contributed by atoms with Crippen LogP contribution in [0.1, 0.15) is 29.9 Å². The topological polar surface area (TPSA) is 78.1 Å². The highest BCUT2D eigenvalue weighted by Crippen LogP contribution is 2.19. The first-order valence-corrected chi connectivity index (χ1v) is 8.92. The Bertz CT molecular complexity index is 1040. The Balaban J connectivity index is 1.74. The number of para-hydroxylation sites is 1. The van der Waals surface area contributed by atoms with E-state index >= 15 is 0 Å². The summed E-state index contributed by atoms with van der Waals surface area (Å²) < 4.78 is 0. The van der Waals surface area contributed by atoms with E-state index in [0.29, 0.717) is 16.7 Å². The molecular formula is C21H24N4O2. The normalized spacial score (nSPS) is 12.3. The number of carbonyl (C=O) groups is 1. The van der Waals surface area contributed by atoms with Gasteiger partial charge in [-0.1, -0.05) is 24.3 Å².